The number of para-hydroxylation sites is 2. The van der Waals surface area contributed by atoms with Gasteiger partial charge in [0.15, 0.2) is 5.65 Å². The van der Waals surface area contributed by atoms with Crippen molar-refractivity contribution >= 4 is 50.4 Å². The summed E-state index contributed by atoms with van der Waals surface area (Å²) in [6.07, 6.45) is 0.690. The van der Waals surface area contributed by atoms with Crippen molar-refractivity contribution in [3.63, 3.8) is 0 Å². The van der Waals surface area contributed by atoms with Crippen molar-refractivity contribution in [3.05, 3.63) is 63.5 Å². The Kier molecular flexibility index (Phi) is 2.91. The van der Waals surface area contributed by atoms with Crippen molar-refractivity contribution in [1.82, 2.24) is 14.4 Å². The van der Waals surface area contributed by atoms with Gasteiger partial charge in [0, 0.05) is 11.4 Å². The van der Waals surface area contributed by atoms with E-state index in [2.05, 4.69) is 9.97 Å². The van der Waals surface area contributed by atoms with Crippen LogP contribution in [-0.2, 0) is 6.42 Å². The standard InChI is InChI=1S/C19H12ClN3O2/c1-2-15-22-19-16(17(24)11-9-10(20)7-8-14(11)25-19)18-21-12-5-3-4-6-13(12)23(15)18/h3-9H,2H2,1H3. The lowest BCUT2D eigenvalue weighted by Crippen LogP contribution is -2.09. The first-order valence-corrected chi connectivity index (χ1v) is 8.37. The normalized spacial score (nSPS) is 11.9. The molecule has 0 saturated carbocycles. The van der Waals surface area contributed by atoms with Crippen LogP contribution in [0.1, 0.15) is 12.7 Å². The van der Waals surface area contributed by atoms with Gasteiger partial charge < -0.3 is 4.42 Å². The van der Waals surface area contributed by atoms with Crippen LogP contribution in [-0.4, -0.2) is 14.4 Å². The van der Waals surface area contributed by atoms with Crippen LogP contribution < -0.4 is 5.43 Å². The summed E-state index contributed by atoms with van der Waals surface area (Å²) >= 11 is 6.05. The van der Waals surface area contributed by atoms with Gasteiger partial charge in [0.1, 0.15) is 16.8 Å². The summed E-state index contributed by atoms with van der Waals surface area (Å²) < 4.78 is 7.84. The molecule has 3 aromatic heterocycles. The van der Waals surface area contributed by atoms with Crippen LogP contribution in [0.2, 0.25) is 5.02 Å². The molecule has 0 amide bonds. The van der Waals surface area contributed by atoms with Crippen LogP contribution in [0.3, 0.4) is 0 Å². The highest BCUT2D eigenvalue weighted by atomic mass is 35.5. The topological polar surface area (TPSA) is 60.4 Å². The summed E-state index contributed by atoms with van der Waals surface area (Å²) in [7, 11) is 0. The summed E-state index contributed by atoms with van der Waals surface area (Å²) in [6.45, 7) is 2.02. The third-order valence-corrected chi connectivity index (χ3v) is 4.66. The smallest absolute Gasteiger partial charge is 0.236 e. The van der Waals surface area contributed by atoms with E-state index < -0.39 is 0 Å². The molecule has 6 heteroatoms. The number of nitrogens with zero attached hydrogens (tertiary/aromatic N) is 3. The maximum absolute atomic E-state index is 13.1. The van der Waals surface area contributed by atoms with E-state index in [0.717, 1.165) is 16.9 Å². The molecule has 25 heavy (non-hydrogen) atoms. The molecule has 0 aliphatic heterocycles. The molecule has 0 saturated heterocycles. The van der Waals surface area contributed by atoms with E-state index in [1.54, 1.807) is 18.2 Å². The van der Waals surface area contributed by atoms with E-state index in [4.69, 9.17) is 16.0 Å². The highest BCUT2D eigenvalue weighted by Gasteiger charge is 2.18. The third-order valence-electron chi connectivity index (χ3n) is 4.42. The molecule has 2 aromatic carbocycles. The average molecular weight is 350 g/mol. The van der Waals surface area contributed by atoms with Gasteiger partial charge >= 0.3 is 0 Å². The molecule has 5 aromatic rings. The Morgan fingerprint density at radius 3 is 2.84 bits per heavy atom. The Labute approximate surface area is 146 Å². The van der Waals surface area contributed by atoms with Gasteiger partial charge in [-0.05, 0) is 30.3 Å². The fourth-order valence-corrected chi connectivity index (χ4v) is 3.46. The number of aryl methyl sites for hydroxylation is 1. The molecule has 5 rings (SSSR count). The van der Waals surface area contributed by atoms with E-state index in [0.29, 0.717) is 39.2 Å². The monoisotopic (exact) mass is 349 g/mol. The lowest BCUT2D eigenvalue weighted by Gasteiger charge is -2.07. The molecular weight excluding hydrogens is 338 g/mol. The summed E-state index contributed by atoms with van der Waals surface area (Å²) in [4.78, 5) is 22.4. The van der Waals surface area contributed by atoms with Gasteiger partial charge in [0.05, 0.1) is 16.4 Å². The SMILES string of the molecule is CCc1nc2oc3ccc(Cl)cc3c(=O)c2c2nc3ccccc3n12. The molecule has 0 aliphatic carbocycles. The van der Waals surface area contributed by atoms with Crippen molar-refractivity contribution in [2.45, 2.75) is 13.3 Å². The zero-order valence-electron chi connectivity index (χ0n) is 13.3. The molecule has 0 fully saturated rings. The summed E-state index contributed by atoms with van der Waals surface area (Å²) in [5.41, 5.74) is 2.91. The van der Waals surface area contributed by atoms with Gasteiger partial charge in [-0.3, -0.25) is 9.20 Å². The highest BCUT2D eigenvalue weighted by Crippen LogP contribution is 2.26. The average Bonchev–Trinajstić information content (AvgIpc) is 3.01. The highest BCUT2D eigenvalue weighted by molar-refractivity contribution is 6.31. The van der Waals surface area contributed by atoms with Crippen LogP contribution in [0.5, 0.6) is 0 Å². The van der Waals surface area contributed by atoms with E-state index in [9.17, 15) is 4.79 Å². The Bertz CT molecular complexity index is 1370. The van der Waals surface area contributed by atoms with Gasteiger partial charge in [0.25, 0.3) is 0 Å². The van der Waals surface area contributed by atoms with Crippen molar-refractivity contribution in [2.75, 3.05) is 0 Å². The van der Waals surface area contributed by atoms with Gasteiger partial charge in [-0.1, -0.05) is 30.7 Å². The number of fused-ring (bicyclic) bond motifs is 6. The molecule has 0 unspecified atom stereocenters. The maximum atomic E-state index is 13.1. The Balaban J connectivity index is 2.11. The fraction of sp³-hybridized carbons (Fsp3) is 0.105. The van der Waals surface area contributed by atoms with Gasteiger partial charge in [-0.25, -0.2) is 4.98 Å². The fourth-order valence-electron chi connectivity index (χ4n) is 3.29. The van der Waals surface area contributed by atoms with Crippen LogP contribution in [0.15, 0.2) is 51.7 Å². The number of benzene rings is 2. The predicted octanol–water partition coefficient (Wildman–Crippen LogP) is 4.36. The van der Waals surface area contributed by atoms with Crippen molar-refractivity contribution in [3.8, 4) is 0 Å². The van der Waals surface area contributed by atoms with Crippen LogP contribution in [0.25, 0.3) is 38.7 Å². The first kappa shape index (κ1) is 14.4. The number of halogens is 1. The number of hydrogen-bond acceptors (Lipinski definition) is 4. The second-order valence-electron chi connectivity index (χ2n) is 5.89. The summed E-state index contributed by atoms with van der Waals surface area (Å²) in [6, 6.07) is 12.8. The minimum atomic E-state index is -0.172. The van der Waals surface area contributed by atoms with Crippen molar-refractivity contribution < 1.29 is 4.42 Å². The third kappa shape index (κ3) is 1.93. The Hall–Kier alpha value is -2.92. The van der Waals surface area contributed by atoms with E-state index in [1.807, 2.05) is 35.6 Å². The zero-order chi connectivity index (χ0) is 17.1. The van der Waals surface area contributed by atoms with Crippen molar-refractivity contribution in [1.29, 1.82) is 0 Å². The zero-order valence-corrected chi connectivity index (χ0v) is 14.0. The van der Waals surface area contributed by atoms with E-state index in [-0.39, 0.29) is 5.43 Å². The molecule has 3 heterocycles. The van der Waals surface area contributed by atoms with Gasteiger partial charge in [-0.2, -0.15) is 4.98 Å². The molecule has 0 spiro atoms. The van der Waals surface area contributed by atoms with E-state index >= 15 is 0 Å². The van der Waals surface area contributed by atoms with Crippen molar-refractivity contribution in [2.24, 2.45) is 0 Å². The van der Waals surface area contributed by atoms with Gasteiger partial charge in [-0.15, -0.1) is 0 Å². The molecule has 0 aliphatic rings. The Morgan fingerprint density at radius 1 is 1.16 bits per heavy atom. The molecule has 0 atom stereocenters. The van der Waals surface area contributed by atoms with Crippen LogP contribution in [0, 0.1) is 0 Å². The minimum absolute atomic E-state index is 0.172. The quantitative estimate of drug-likeness (QED) is 0.422. The van der Waals surface area contributed by atoms with Crippen LogP contribution >= 0.6 is 11.6 Å². The number of imidazole rings is 1. The second-order valence-corrected chi connectivity index (χ2v) is 6.33. The number of hydrogen-bond donors (Lipinski definition) is 0. The predicted molar refractivity (Wildman–Crippen MR) is 98.4 cm³/mol. The minimum Gasteiger partial charge on any atom is -0.437 e. The molecule has 0 N–H and O–H groups in total. The molecule has 0 radical (unpaired) electrons. The Morgan fingerprint density at radius 2 is 2.00 bits per heavy atom. The maximum Gasteiger partial charge on any atom is 0.236 e. The van der Waals surface area contributed by atoms with Gasteiger partial charge in [0.2, 0.25) is 11.1 Å². The molecule has 5 nitrogen and oxygen atoms in total. The summed E-state index contributed by atoms with van der Waals surface area (Å²) in [5, 5.41) is 1.30. The molecule has 122 valence electrons. The first-order chi connectivity index (χ1) is 12.2. The second kappa shape index (κ2) is 5.04. The first-order valence-electron chi connectivity index (χ1n) is 7.99. The lowest BCUT2D eigenvalue weighted by molar-refractivity contribution is 0.639. The summed E-state index contributed by atoms with van der Waals surface area (Å²) in [5.74, 6) is 0.799. The molecular formula is C19H12ClN3O2. The van der Waals surface area contributed by atoms with E-state index in [1.165, 1.54) is 0 Å². The van der Waals surface area contributed by atoms with Crippen LogP contribution in [0.4, 0.5) is 0 Å². The largest absolute Gasteiger partial charge is 0.437 e. The number of rotatable bonds is 1. The lowest BCUT2D eigenvalue weighted by atomic mass is 10.2. The number of aromatic nitrogens is 3. The molecule has 0 bridgehead atoms.